The van der Waals surface area contributed by atoms with Crippen molar-refractivity contribution < 1.29 is 9.13 Å². The Balaban J connectivity index is 2.35. The van der Waals surface area contributed by atoms with E-state index < -0.39 is 5.95 Å². The summed E-state index contributed by atoms with van der Waals surface area (Å²) in [6, 6.07) is 4.75. The zero-order chi connectivity index (χ0) is 11.5. The first-order valence-corrected chi connectivity index (χ1v) is 5.21. The smallest absolute Gasteiger partial charge is 0.255 e. The molecule has 0 bridgehead atoms. The van der Waals surface area contributed by atoms with Crippen molar-refractivity contribution in [2.24, 2.45) is 0 Å². The number of aromatic nitrogens is 2. The second kappa shape index (κ2) is 4.43. The van der Waals surface area contributed by atoms with Crippen molar-refractivity contribution in [3.05, 3.63) is 35.0 Å². The minimum atomic E-state index is -0.754. The Bertz CT molecular complexity index is 566. The maximum Gasteiger partial charge on any atom is 0.255 e. The fourth-order valence-electron chi connectivity index (χ4n) is 0.966. The van der Waals surface area contributed by atoms with Gasteiger partial charge in [0, 0.05) is 17.7 Å². The maximum absolute atomic E-state index is 13.1. The minimum absolute atomic E-state index is 0.0480. The van der Waals surface area contributed by atoms with Crippen LogP contribution < -0.4 is 4.74 Å². The molecule has 16 heavy (non-hydrogen) atoms. The number of pyridine rings is 1. The van der Waals surface area contributed by atoms with Crippen LogP contribution in [0.4, 0.5) is 4.39 Å². The lowest BCUT2D eigenvalue weighted by Crippen LogP contribution is -1.90. The lowest BCUT2D eigenvalue weighted by Gasteiger charge is -2.02. The first-order valence-electron chi connectivity index (χ1n) is 4.06. The summed E-state index contributed by atoms with van der Waals surface area (Å²) >= 11 is 6.52. The third-order valence-electron chi connectivity index (χ3n) is 1.66. The summed E-state index contributed by atoms with van der Waals surface area (Å²) in [5.41, 5.74) is 0.0925. The van der Waals surface area contributed by atoms with Crippen LogP contribution >= 0.6 is 23.1 Å². The highest BCUT2D eigenvalue weighted by molar-refractivity contribution is 7.08. The third kappa shape index (κ3) is 1.96. The largest absolute Gasteiger partial charge is 0.439 e. The summed E-state index contributed by atoms with van der Waals surface area (Å²) in [4.78, 5) is 3.41. The first kappa shape index (κ1) is 10.8. The average molecular weight is 256 g/mol. The Labute approximate surface area is 99.0 Å². The molecule has 7 heteroatoms. The van der Waals surface area contributed by atoms with Gasteiger partial charge in [-0.3, -0.25) is 0 Å². The molecule has 0 atom stereocenters. The van der Waals surface area contributed by atoms with Gasteiger partial charge in [0.1, 0.15) is 11.6 Å². The van der Waals surface area contributed by atoms with E-state index in [9.17, 15) is 4.39 Å². The Morgan fingerprint density at radius 1 is 1.56 bits per heavy atom. The van der Waals surface area contributed by atoms with E-state index in [1.165, 1.54) is 18.3 Å². The van der Waals surface area contributed by atoms with Gasteiger partial charge in [0.15, 0.2) is 10.9 Å². The van der Waals surface area contributed by atoms with Crippen LogP contribution in [0.2, 0.25) is 5.15 Å². The van der Waals surface area contributed by atoms with E-state index in [2.05, 4.69) is 9.36 Å². The molecule has 0 spiro atoms. The van der Waals surface area contributed by atoms with E-state index >= 15 is 0 Å². The van der Waals surface area contributed by atoms with Crippen LogP contribution in [0, 0.1) is 17.3 Å². The van der Waals surface area contributed by atoms with E-state index in [0.29, 0.717) is 0 Å². The zero-order valence-corrected chi connectivity index (χ0v) is 9.22. The van der Waals surface area contributed by atoms with Crippen LogP contribution in [0.3, 0.4) is 0 Å². The highest BCUT2D eigenvalue weighted by Crippen LogP contribution is 2.34. The number of hydrogen-bond acceptors (Lipinski definition) is 5. The van der Waals surface area contributed by atoms with Gasteiger partial charge in [-0.15, -0.1) is 0 Å². The zero-order valence-electron chi connectivity index (χ0n) is 7.65. The molecule has 0 aliphatic rings. The SMILES string of the molecule is N#Cc1c(Cl)nsc1Oc1cccnc1F. The molecule has 0 aliphatic carbocycles. The van der Waals surface area contributed by atoms with E-state index in [-0.39, 0.29) is 21.5 Å². The monoisotopic (exact) mass is 255 g/mol. The van der Waals surface area contributed by atoms with Gasteiger partial charge >= 0.3 is 0 Å². The lowest BCUT2D eigenvalue weighted by molar-refractivity contribution is 0.437. The number of halogens is 2. The van der Waals surface area contributed by atoms with Gasteiger partial charge in [-0.05, 0) is 12.1 Å². The average Bonchev–Trinajstić information content (AvgIpc) is 2.63. The van der Waals surface area contributed by atoms with Crippen molar-refractivity contribution in [3.63, 3.8) is 0 Å². The minimum Gasteiger partial charge on any atom is -0.439 e. The molecular weight excluding hydrogens is 253 g/mol. The van der Waals surface area contributed by atoms with Crippen molar-refractivity contribution >= 4 is 23.1 Å². The molecule has 80 valence electrons. The first-order chi connectivity index (χ1) is 7.72. The number of nitriles is 1. The van der Waals surface area contributed by atoms with Crippen molar-refractivity contribution in [2.45, 2.75) is 0 Å². The fraction of sp³-hybridized carbons (Fsp3) is 0. The van der Waals surface area contributed by atoms with Crippen molar-refractivity contribution in [2.75, 3.05) is 0 Å². The molecule has 0 N–H and O–H groups in total. The number of hydrogen-bond donors (Lipinski definition) is 0. The summed E-state index contributed by atoms with van der Waals surface area (Å²) in [7, 11) is 0. The van der Waals surface area contributed by atoms with Gasteiger partial charge < -0.3 is 4.74 Å². The van der Waals surface area contributed by atoms with Crippen LogP contribution in [0.25, 0.3) is 0 Å². The second-order valence-corrected chi connectivity index (χ2v) is 3.74. The topological polar surface area (TPSA) is 58.8 Å². The molecule has 0 saturated carbocycles. The normalized spacial score (nSPS) is 9.81. The number of ether oxygens (including phenoxy) is 1. The van der Waals surface area contributed by atoms with Crippen LogP contribution in [0.5, 0.6) is 10.8 Å². The molecule has 4 nitrogen and oxygen atoms in total. The molecule has 2 aromatic rings. The molecule has 2 aromatic heterocycles. The van der Waals surface area contributed by atoms with Gasteiger partial charge in [-0.1, -0.05) is 11.6 Å². The van der Waals surface area contributed by atoms with E-state index in [1.807, 2.05) is 6.07 Å². The summed E-state index contributed by atoms with van der Waals surface area (Å²) in [6.45, 7) is 0. The van der Waals surface area contributed by atoms with Gasteiger partial charge in [0.2, 0.25) is 5.06 Å². The quantitative estimate of drug-likeness (QED) is 0.774. The predicted molar refractivity (Wildman–Crippen MR) is 56.1 cm³/mol. The number of rotatable bonds is 2. The maximum atomic E-state index is 13.1. The standard InChI is InChI=1S/C9H3ClFN3OS/c10-7-5(4-12)9(16-14-7)15-6-2-1-3-13-8(6)11/h1-3H. The molecule has 0 unspecified atom stereocenters. The summed E-state index contributed by atoms with van der Waals surface area (Å²) in [6.07, 6.45) is 1.30. The summed E-state index contributed by atoms with van der Waals surface area (Å²) in [5.74, 6) is -0.824. The summed E-state index contributed by atoms with van der Waals surface area (Å²) in [5, 5.41) is 8.98. The molecule has 0 amide bonds. The molecular formula is C9H3ClFN3OS. The van der Waals surface area contributed by atoms with E-state index in [0.717, 1.165) is 11.5 Å². The number of nitrogens with zero attached hydrogens (tertiary/aromatic N) is 3. The Hall–Kier alpha value is -1.71. The Morgan fingerprint density at radius 2 is 2.38 bits per heavy atom. The molecule has 0 aromatic carbocycles. The van der Waals surface area contributed by atoms with E-state index in [1.54, 1.807) is 0 Å². The van der Waals surface area contributed by atoms with Crippen LogP contribution in [-0.4, -0.2) is 9.36 Å². The van der Waals surface area contributed by atoms with Crippen molar-refractivity contribution in [1.82, 2.24) is 9.36 Å². The Morgan fingerprint density at radius 3 is 3.06 bits per heavy atom. The Kier molecular flexibility index (Phi) is 2.99. The van der Waals surface area contributed by atoms with Crippen LogP contribution in [0.1, 0.15) is 5.56 Å². The van der Waals surface area contributed by atoms with Crippen LogP contribution in [0.15, 0.2) is 18.3 Å². The lowest BCUT2D eigenvalue weighted by atomic mass is 10.4. The van der Waals surface area contributed by atoms with Crippen LogP contribution in [-0.2, 0) is 0 Å². The summed E-state index contributed by atoms with van der Waals surface area (Å²) < 4.78 is 22.0. The van der Waals surface area contributed by atoms with Gasteiger partial charge in [-0.25, -0.2) is 4.98 Å². The van der Waals surface area contributed by atoms with Crippen molar-refractivity contribution in [1.29, 1.82) is 5.26 Å². The molecule has 2 heterocycles. The highest BCUT2D eigenvalue weighted by atomic mass is 35.5. The fourth-order valence-corrected chi connectivity index (χ4v) is 1.87. The van der Waals surface area contributed by atoms with Gasteiger partial charge in [0.25, 0.3) is 5.95 Å². The molecule has 0 radical (unpaired) electrons. The van der Waals surface area contributed by atoms with Gasteiger partial charge in [0.05, 0.1) is 0 Å². The predicted octanol–water partition coefficient (Wildman–Crippen LogP) is 2.99. The van der Waals surface area contributed by atoms with Gasteiger partial charge in [-0.2, -0.15) is 14.0 Å². The second-order valence-electron chi connectivity index (χ2n) is 2.64. The third-order valence-corrected chi connectivity index (χ3v) is 2.76. The molecule has 0 fully saturated rings. The molecule has 0 aliphatic heterocycles. The molecule has 0 saturated heterocycles. The highest BCUT2D eigenvalue weighted by Gasteiger charge is 2.15. The molecule has 2 rings (SSSR count). The van der Waals surface area contributed by atoms with Crippen molar-refractivity contribution in [3.8, 4) is 16.9 Å². The van der Waals surface area contributed by atoms with E-state index in [4.69, 9.17) is 21.6 Å².